The van der Waals surface area contributed by atoms with Gasteiger partial charge >= 0.3 is 0 Å². The molecule has 1 N–H and O–H groups in total. The molecule has 0 aliphatic rings. The third-order valence-electron chi connectivity index (χ3n) is 3.48. The van der Waals surface area contributed by atoms with Gasteiger partial charge in [-0.3, -0.25) is 4.98 Å². The smallest absolute Gasteiger partial charge is 0.121 e. The summed E-state index contributed by atoms with van der Waals surface area (Å²) in [6.07, 6.45) is 4.57. The van der Waals surface area contributed by atoms with Gasteiger partial charge in [0.1, 0.15) is 6.10 Å². The van der Waals surface area contributed by atoms with E-state index in [1.165, 1.54) is 0 Å². The molecule has 1 aromatic carbocycles. The van der Waals surface area contributed by atoms with Crippen molar-refractivity contribution < 1.29 is 5.11 Å². The minimum atomic E-state index is -0.676. The number of aliphatic hydroxyl groups is 1. The summed E-state index contributed by atoms with van der Waals surface area (Å²) >= 11 is 0. The molecule has 4 nitrogen and oxygen atoms in total. The summed E-state index contributed by atoms with van der Waals surface area (Å²) < 4.78 is 1.98. The van der Waals surface area contributed by atoms with E-state index in [0.29, 0.717) is 0 Å². The standard InChI is InChI=1S/C16H17N3O/c1-11(2)19-10-17-9-15(19)16(20)13-5-6-14-12(8-13)4-3-7-18-14/h3-11,16,20H,1-2H3. The van der Waals surface area contributed by atoms with Crippen LogP contribution in [0.15, 0.2) is 49.1 Å². The number of pyridine rings is 1. The van der Waals surface area contributed by atoms with Gasteiger partial charge in [-0.2, -0.15) is 0 Å². The van der Waals surface area contributed by atoms with Crippen LogP contribution in [0.5, 0.6) is 0 Å². The Morgan fingerprint density at radius 1 is 1.20 bits per heavy atom. The van der Waals surface area contributed by atoms with Crippen LogP contribution in [0.3, 0.4) is 0 Å². The molecule has 0 saturated carbocycles. The van der Waals surface area contributed by atoms with E-state index in [2.05, 4.69) is 23.8 Å². The van der Waals surface area contributed by atoms with Crippen molar-refractivity contribution in [2.75, 3.05) is 0 Å². The molecule has 102 valence electrons. The number of nitrogens with zero attached hydrogens (tertiary/aromatic N) is 3. The van der Waals surface area contributed by atoms with E-state index in [9.17, 15) is 5.11 Å². The first-order valence-electron chi connectivity index (χ1n) is 6.71. The topological polar surface area (TPSA) is 50.9 Å². The minimum absolute atomic E-state index is 0.268. The van der Waals surface area contributed by atoms with Crippen molar-refractivity contribution >= 4 is 10.9 Å². The van der Waals surface area contributed by atoms with Gasteiger partial charge in [-0.05, 0) is 37.6 Å². The van der Waals surface area contributed by atoms with Crippen LogP contribution in [0, 0.1) is 0 Å². The van der Waals surface area contributed by atoms with E-state index in [1.54, 1.807) is 18.7 Å². The molecule has 2 aromatic heterocycles. The Morgan fingerprint density at radius 2 is 2.05 bits per heavy atom. The van der Waals surface area contributed by atoms with E-state index in [1.807, 2.05) is 34.9 Å². The summed E-state index contributed by atoms with van der Waals surface area (Å²) in [7, 11) is 0. The van der Waals surface area contributed by atoms with Crippen molar-refractivity contribution in [2.24, 2.45) is 0 Å². The molecule has 1 unspecified atom stereocenters. The van der Waals surface area contributed by atoms with E-state index < -0.39 is 6.10 Å². The summed E-state index contributed by atoms with van der Waals surface area (Å²) in [5.74, 6) is 0. The molecular weight excluding hydrogens is 250 g/mol. The molecule has 0 aliphatic carbocycles. The van der Waals surface area contributed by atoms with Gasteiger partial charge in [-0.25, -0.2) is 4.98 Å². The second kappa shape index (κ2) is 5.06. The number of hydrogen-bond acceptors (Lipinski definition) is 3. The number of imidazole rings is 1. The zero-order valence-electron chi connectivity index (χ0n) is 11.6. The quantitative estimate of drug-likeness (QED) is 0.793. The second-order valence-corrected chi connectivity index (χ2v) is 5.18. The van der Waals surface area contributed by atoms with Crippen molar-refractivity contribution in [2.45, 2.75) is 26.0 Å². The first-order valence-corrected chi connectivity index (χ1v) is 6.71. The third kappa shape index (κ3) is 2.18. The van der Waals surface area contributed by atoms with Crippen LogP contribution in [0.4, 0.5) is 0 Å². The van der Waals surface area contributed by atoms with Crippen LogP contribution >= 0.6 is 0 Å². The number of aromatic nitrogens is 3. The highest BCUT2D eigenvalue weighted by Crippen LogP contribution is 2.26. The van der Waals surface area contributed by atoms with Crippen molar-refractivity contribution in [3.05, 3.63) is 60.3 Å². The Labute approximate surface area is 117 Å². The van der Waals surface area contributed by atoms with E-state index in [0.717, 1.165) is 22.2 Å². The van der Waals surface area contributed by atoms with Gasteiger partial charge in [0.15, 0.2) is 0 Å². The molecule has 3 aromatic rings. The minimum Gasteiger partial charge on any atom is -0.382 e. The molecule has 0 fully saturated rings. The van der Waals surface area contributed by atoms with Crippen molar-refractivity contribution in [3.8, 4) is 0 Å². The fourth-order valence-corrected chi connectivity index (χ4v) is 2.39. The van der Waals surface area contributed by atoms with Gasteiger partial charge in [0, 0.05) is 17.6 Å². The van der Waals surface area contributed by atoms with Crippen LogP contribution in [-0.2, 0) is 0 Å². The molecule has 0 aliphatic heterocycles. The number of benzene rings is 1. The summed E-state index contributed by atoms with van der Waals surface area (Å²) in [5.41, 5.74) is 2.59. The van der Waals surface area contributed by atoms with Crippen LogP contribution in [0.1, 0.15) is 37.3 Å². The first-order chi connectivity index (χ1) is 9.66. The zero-order valence-corrected chi connectivity index (χ0v) is 11.6. The predicted octanol–water partition coefficient (Wildman–Crippen LogP) is 3.09. The zero-order chi connectivity index (χ0) is 14.1. The molecule has 0 spiro atoms. The average Bonchev–Trinajstić information content (AvgIpc) is 2.95. The highest BCUT2D eigenvalue weighted by Gasteiger charge is 2.16. The average molecular weight is 267 g/mol. The van der Waals surface area contributed by atoms with Crippen LogP contribution in [0.25, 0.3) is 10.9 Å². The summed E-state index contributed by atoms with van der Waals surface area (Å²) in [6, 6.07) is 9.99. The molecule has 20 heavy (non-hydrogen) atoms. The molecule has 1 atom stereocenters. The van der Waals surface area contributed by atoms with E-state index in [-0.39, 0.29) is 6.04 Å². The molecule has 4 heteroatoms. The second-order valence-electron chi connectivity index (χ2n) is 5.18. The summed E-state index contributed by atoms with van der Waals surface area (Å²) in [5, 5.41) is 11.6. The fraction of sp³-hybridized carbons (Fsp3) is 0.250. The number of hydrogen-bond donors (Lipinski definition) is 1. The Hall–Kier alpha value is -2.20. The molecule has 0 saturated heterocycles. The number of rotatable bonds is 3. The molecule has 0 amide bonds. The van der Waals surface area contributed by atoms with Crippen molar-refractivity contribution in [3.63, 3.8) is 0 Å². The molecule has 0 radical (unpaired) electrons. The Bertz CT molecular complexity index is 733. The highest BCUT2D eigenvalue weighted by molar-refractivity contribution is 5.79. The summed E-state index contributed by atoms with van der Waals surface area (Å²) in [4.78, 5) is 8.43. The maximum atomic E-state index is 10.6. The molecular formula is C16H17N3O. The predicted molar refractivity (Wildman–Crippen MR) is 78.4 cm³/mol. The number of fused-ring (bicyclic) bond motifs is 1. The van der Waals surface area contributed by atoms with Gasteiger partial charge in [0.2, 0.25) is 0 Å². The van der Waals surface area contributed by atoms with Crippen molar-refractivity contribution in [1.82, 2.24) is 14.5 Å². The van der Waals surface area contributed by atoms with Gasteiger partial charge < -0.3 is 9.67 Å². The lowest BCUT2D eigenvalue weighted by atomic mass is 10.0. The Balaban J connectivity index is 2.03. The summed E-state index contributed by atoms with van der Waals surface area (Å²) in [6.45, 7) is 4.14. The SMILES string of the molecule is CC(C)n1cncc1C(O)c1ccc2ncccc2c1. The van der Waals surface area contributed by atoms with Crippen LogP contribution in [0.2, 0.25) is 0 Å². The van der Waals surface area contributed by atoms with Crippen LogP contribution < -0.4 is 0 Å². The number of aliphatic hydroxyl groups excluding tert-OH is 1. The lowest BCUT2D eigenvalue weighted by Gasteiger charge is -2.17. The fourth-order valence-electron chi connectivity index (χ4n) is 2.39. The first kappa shape index (κ1) is 12.8. The molecule has 0 bridgehead atoms. The van der Waals surface area contributed by atoms with E-state index in [4.69, 9.17) is 0 Å². The Morgan fingerprint density at radius 3 is 2.85 bits per heavy atom. The van der Waals surface area contributed by atoms with Gasteiger partial charge in [0.25, 0.3) is 0 Å². The largest absolute Gasteiger partial charge is 0.382 e. The third-order valence-corrected chi connectivity index (χ3v) is 3.48. The van der Waals surface area contributed by atoms with Crippen molar-refractivity contribution in [1.29, 1.82) is 0 Å². The highest BCUT2D eigenvalue weighted by atomic mass is 16.3. The molecule has 2 heterocycles. The Kier molecular flexibility index (Phi) is 3.24. The monoisotopic (exact) mass is 267 g/mol. The maximum absolute atomic E-state index is 10.6. The lowest BCUT2D eigenvalue weighted by Crippen LogP contribution is -2.10. The normalized spacial score (nSPS) is 13.0. The van der Waals surface area contributed by atoms with Gasteiger partial charge in [-0.1, -0.05) is 12.1 Å². The van der Waals surface area contributed by atoms with E-state index >= 15 is 0 Å². The van der Waals surface area contributed by atoms with Gasteiger partial charge in [0.05, 0.1) is 23.7 Å². The van der Waals surface area contributed by atoms with Gasteiger partial charge in [-0.15, -0.1) is 0 Å². The maximum Gasteiger partial charge on any atom is 0.121 e. The van der Waals surface area contributed by atoms with Crippen LogP contribution in [-0.4, -0.2) is 19.6 Å². The molecule has 3 rings (SSSR count). The lowest BCUT2D eigenvalue weighted by molar-refractivity contribution is 0.208.